The molecular formula is C21H21N3O6. The minimum Gasteiger partial charge on any atom is -0.454 e. The lowest BCUT2D eigenvalue weighted by Gasteiger charge is -2.27. The standard InChI is InChI=1S/C21H21N3O6/c1-12(2)17(24-19(27)13-7-4-5-8-14(13)20(24)28)21(29)30-11-16(25)22-18(26)15-9-6-10-23(15)3/h4-10,12,17H,11H2,1-3H3,(H,22,25,26)/t17-/m1/s1. The molecule has 30 heavy (non-hydrogen) atoms. The number of hydrogen-bond acceptors (Lipinski definition) is 6. The number of ether oxygens (including phenoxy) is 1. The monoisotopic (exact) mass is 411 g/mol. The molecule has 1 atom stereocenters. The summed E-state index contributed by atoms with van der Waals surface area (Å²) in [4.78, 5) is 62.9. The van der Waals surface area contributed by atoms with Crippen LogP contribution in [0.3, 0.4) is 0 Å². The van der Waals surface area contributed by atoms with Crippen molar-refractivity contribution in [1.82, 2.24) is 14.8 Å². The molecule has 0 spiro atoms. The number of nitrogens with one attached hydrogen (secondary N) is 1. The molecule has 0 unspecified atom stereocenters. The van der Waals surface area contributed by atoms with Gasteiger partial charge < -0.3 is 9.30 Å². The summed E-state index contributed by atoms with van der Waals surface area (Å²) in [6.45, 7) is 2.60. The van der Waals surface area contributed by atoms with Crippen LogP contribution < -0.4 is 5.32 Å². The van der Waals surface area contributed by atoms with Crippen LogP contribution in [-0.2, 0) is 21.4 Å². The molecule has 3 rings (SSSR count). The second-order valence-electron chi connectivity index (χ2n) is 7.20. The van der Waals surface area contributed by atoms with Gasteiger partial charge in [0.15, 0.2) is 6.61 Å². The van der Waals surface area contributed by atoms with Gasteiger partial charge in [-0.15, -0.1) is 0 Å². The summed E-state index contributed by atoms with van der Waals surface area (Å²) in [6, 6.07) is 8.27. The van der Waals surface area contributed by atoms with E-state index in [4.69, 9.17) is 4.74 Å². The number of benzene rings is 1. The molecule has 1 aliphatic rings. The normalized spacial score (nSPS) is 13.9. The molecule has 1 aromatic heterocycles. The molecule has 1 aromatic carbocycles. The highest BCUT2D eigenvalue weighted by atomic mass is 16.5. The van der Waals surface area contributed by atoms with Crippen LogP contribution in [0, 0.1) is 5.92 Å². The first kappa shape index (κ1) is 21.0. The average Bonchev–Trinajstić information content (AvgIpc) is 3.24. The van der Waals surface area contributed by atoms with Gasteiger partial charge in [0.2, 0.25) is 0 Å². The lowest BCUT2D eigenvalue weighted by molar-refractivity contribution is -0.153. The maximum absolute atomic E-state index is 12.7. The molecule has 2 heterocycles. The minimum absolute atomic E-state index is 0.215. The van der Waals surface area contributed by atoms with E-state index >= 15 is 0 Å². The SMILES string of the molecule is CC(C)[C@H](C(=O)OCC(=O)NC(=O)c1cccn1C)N1C(=O)c2ccccc2C1=O. The van der Waals surface area contributed by atoms with E-state index in [9.17, 15) is 24.0 Å². The molecule has 9 nitrogen and oxygen atoms in total. The summed E-state index contributed by atoms with van der Waals surface area (Å²) < 4.78 is 6.56. The summed E-state index contributed by atoms with van der Waals surface area (Å²) in [5, 5.41) is 2.12. The van der Waals surface area contributed by atoms with E-state index in [1.165, 1.54) is 22.8 Å². The Bertz CT molecular complexity index is 1000. The number of esters is 1. The van der Waals surface area contributed by atoms with Crippen molar-refractivity contribution >= 4 is 29.6 Å². The Kier molecular flexibility index (Phi) is 5.81. The molecule has 0 fully saturated rings. The summed E-state index contributed by atoms with van der Waals surface area (Å²) in [5.41, 5.74) is 0.694. The fourth-order valence-corrected chi connectivity index (χ4v) is 3.28. The van der Waals surface area contributed by atoms with Crippen molar-refractivity contribution in [2.24, 2.45) is 13.0 Å². The Morgan fingerprint density at radius 1 is 1.00 bits per heavy atom. The van der Waals surface area contributed by atoms with Crippen LogP contribution >= 0.6 is 0 Å². The van der Waals surface area contributed by atoms with Gasteiger partial charge in [0.1, 0.15) is 11.7 Å². The Balaban J connectivity index is 1.66. The zero-order valence-corrected chi connectivity index (χ0v) is 16.7. The Hall–Kier alpha value is -3.75. The van der Waals surface area contributed by atoms with Crippen molar-refractivity contribution in [3.05, 3.63) is 59.4 Å². The van der Waals surface area contributed by atoms with Crippen molar-refractivity contribution in [2.75, 3.05) is 6.61 Å². The number of aryl methyl sites for hydroxylation is 1. The largest absolute Gasteiger partial charge is 0.454 e. The first-order chi connectivity index (χ1) is 14.2. The van der Waals surface area contributed by atoms with Crippen LogP contribution in [0.4, 0.5) is 0 Å². The fraction of sp³-hybridized carbons (Fsp3) is 0.286. The van der Waals surface area contributed by atoms with Crippen molar-refractivity contribution in [1.29, 1.82) is 0 Å². The number of nitrogens with zero attached hydrogens (tertiary/aromatic N) is 2. The third kappa shape index (κ3) is 3.86. The zero-order valence-electron chi connectivity index (χ0n) is 16.7. The number of aromatic nitrogens is 1. The third-order valence-corrected chi connectivity index (χ3v) is 4.75. The maximum atomic E-state index is 12.7. The van der Waals surface area contributed by atoms with Crippen molar-refractivity contribution in [2.45, 2.75) is 19.9 Å². The van der Waals surface area contributed by atoms with E-state index in [0.717, 1.165) is 4.90 Å². The lowest BCUT2D eigenvalue weighted by Crippen LogP contribution is -2.49. The molecule has 156 valence electrons. The predicted octanol–water partition coefficient (Wildman–Crippen LogP) is 1.15. The smallest absolute Gasteiger partial charge is 0.330 e. The number of rotatable bonds is 6. The van der Waals surface area contributed by atoms with Crippen LogP contribution in [0.2, 0.25) is 0 Å². The highest BCUT2D eigenvalue weighted by Gasteiger charge is 2.44. The van der Waals surface area contributed by atoms with Crippen molar-refractivity contribution in [3.63, 3.8) is 0 Å². The molecule has 9 heteroatoms. The van der Waals surface area contributed by atoms with Gasteiger partial charge in [0, 0.05) is 13.2 Å². The lowest BCUT2D eigenvalue weighted by atomic mass is 10.0. The quantitative estimate of drug-likeness (QED) is 0.563. The first-order valence-corrected chi connectivity index (χ1v) is 9.31. The van der Waals surface area contributed by atoms with Crippen LogP contribution in [0.15, 0.2) is 42.6 Å². The topological polar surface area (TPSA) is 115 Å². The third-order valence-electron chi connectivity index (χ3n) is 4.75. The average molecular weight is 411 g/mol. The number of carbonyl (C=O) groups is 5. The molecule has 0 radical (unpaired) electrons. The predicted molar refractivity (Wildman–Crippen MR) is 104 cm³/mol. The molecule has 0 saturated carbocycles. The van der Waals surface area contributed by atoms with E-state index < -0.39 is 48.2 Å². The zero-order chi connectivity index (χ0) is 22.0. The highest BCUT2D eigenvalue weighted by Crippen LogP contribution is 2.27. The second-order valence-corrected chi connectivity index (χ2v) is 7.20. The van der Waals surface area contributed by atoms with Crippen LogP contribution in [0.25, 0.3) is 0 Å². The number of carbonyl (C=O) groups excluding carboxylic acids is 5. The first-order valence-electron chi connectivity index (χ1n) is 9.31. The number of amides is 4. The van der Waals surface area contributed by atoms with Gasteiger partial charge in [-0.1, -0.05) is 26.0 Å². The molecule has 0 aliphatic carbocycles. The van der Waals surface area contributed by atoms with E-state index in [1.54, 1.807) is 45.3 Å². The summed E-state index contributed by atoms with van der Waals surface area (Å²) in [6.07, 6.45) is 1.65. The molecular weight excluding hydrogens is 390 g/mol. The number of fused-ring (bicyclic) bond motifs is 1. The maximum Gasteiger partial charge on any atom is 0.330 e. The van der Waals surface area contributed by atoms with Crippen LogP contribution in [0.5, 0.6) is 0 Å². The number of imide groups is 2. The molecule has 4 amide bonds. The van der Waals surface area contributed by atoms with Crippen molar-refractivity contribution < 1.29 is 28.7 Å². The van der Waals surface area contributed by atoms with E-state index in [-0.39, 0.29) is 16.8 Å². The highest BCUT2D eigenvalue weighted by molar-refractivity contribution is 6.22. The minimum atomic E-state index is -1.20. The van der Waals surface area contributed by atoms with E-state index in [1.807, 2.05) is 0 Å². The Morgan fingerprint density at radius 3 is 2.10 bits per heavy atom. The Morgan fingerprint density at radius 2 is 1.60 bits per heavy atom. The molecule has 2 aromatic rings. The summed E-state index contributed by atoms with van der Waals surface area (Å²) in [7, 11) is 1.65. The van der Waals surface area contributed by atoms with Gasteiger partial charge in [-0.3, -0.25) is 29.4 Å². The number of hydrogen-bond donors (Lipinski definition) is 1. The summed E-state index contributed by atoms with van der Waals surface area (Å²) >= 11 is 0. The fourth-order valence-electron chi connectivity index (χ4n) is 3.28. The molecule has 0 saturated heterocycles. The van der Waals surface area contributed by atoms with E-state index in [2.05, 4.69) is 5.32 Å². The van der Waals surface area contributed by atoms with Crippen LogP contribution in [-0.4, -0.2) is 51.7 Å². The second kappa shape index (κ2) is 8.32. The van der Waals surface area contributed by atoms with Gasteiger partial charge in [0.25, 0.3) is 23.6 Å². The van der Waals surface area contributed by atoms with Crippen molar-refractivity contribution in [3.8, 4) is 0 Å². The van der Waals surface area contributed by atoms with Gasteiger partial charge in [-0.05, 0) is 30.2 Å². The summed E-state index contributed by atoms with van der Waals surface area (Å²) in [5.74, 6) is -3.98. The molecule has 1 aliphatic heterocycles. The van der Waals surface area contributed by atoms with Gasteiger partial charge >= 0.3 is 5.97 Å². The molecule has 1 N–H and O–H groups in total. The van der Waals surface area contributed by atoms with Gasteiger partial charge in [-0.2, -0.15) is 0 Å². The van der Waals surface area contributed by atoms with E-state index in [0.29, 0.717) is 0 Å². The van der Waals surface area contributed by atoms with Gasteiger partial charge in [-0.25, -0.2) is 4.79 Å². The van der Waals surface area contributed by atoms with Gasteiger partial charge in [0.05, 0.1) is 11.1 Å². The molecule has 0 bridgehead atoms. The Labute approximate surface area is 172 Å². The van der Waals surface area contributed by atoms with Crippen LogP contribution in [0.1, 0.15) is 45.1 Å².